The smallest absolute Gasteiger partial charge is 0.253 e. The highest BCUT2D eigenvalue weighted by atomic mass is 32.2. The van der Waals surface area contributed by atoms with Crippen LogP contribution in [0.4, 0.5) is 19.0 Å². The molecule has 170 valence electrons. The van der Waals surface area contributed by atoms with E-state index in [-0.39, 0.29) is 24.3 Å². The van der Waals surface area contributed by atoms with E-state index in [4.69, 9.17) is 18.0 Å². The number of benzene rings is 1. The second kappa shape index (κ2) is 9.24. The number of hydrogen-bond donors (Lipinski definition) is 1. The van der Waals surface area contributed by atoms with Gasteiger partial charge in [-0.2, -0.15) is 5.10 Å². The van der Waals surface area contributed by atoms with E-state index in [1.807, 2.05) is 13.0 Å². The fourth-order valence-electron chi connectivity index (χ4n) is 3.76. The summed E-state index contributed by atoms with van der Waals surface area (Å²) in [7, 11) is 0. The van der Waals surface area contributed by atoms with Crippen molar-refractivity contribution in [1.29, 1.82) is 0 Å². The van der Waals surface area contributed by atoms with Crippen molar-refractivity contribution in [2.45, 2.75) is 32.4 Å². The number of anilines is 1. The van der Waals surface area contributed by atoms with Crippen LogP contribution in [0.25, 0.3) is 0 Å². The van der Waals surface area contributed by atoms with Crippen molar-refractivity contribution in [1.82, 2.24) is 14.7 Å². The number of thiocarbonyl (C=S) groups is 1. The van der Waals surface area contributed by atoms with Crippen LogP contribution in [0.2, 0.25) is 0 Å². The van der Waals surface area contributed by atoms with Gasteiger partial charge in [-0.05, 0) is 25.0 Å². The predicted octanol–water partition coefficient (Wildman–Crippen LogP) is 3.13. The van der Waals surface area contributed by atoms with Gasteiger partial charge in [0.2, 0.25) is 0 Å². The largest absolute Gasteiger partial charge is 0.329 e. The van der Waals surface area contributed by atoms with Crippen LogP contribution in [0.1, 0.15) is 17.7 Å². The van der Waals surface area contributed by atoms with Gasteiger partial charge in [-0.15, -0.1) is 11.8 Å². The second-order valence-electron chi connectivity index (χ2n) is 7.85. The fourth-order valence-corrected chi connectivity index (χ4v) is 5.07. The van der Waals surface area contributed by atoms with Crippen molar-refractivity contribution in [3.63, 3.8) is 0 Å². The molecule has 1 atom stereocenters. The number of fused-ring (bicyclic) bond motifs is 1. The van der Waals surface area contributed by atoms with E-state index in [0.717, 1.165) is 17.5 Å². The Bertz CT molecular complexity index is 1100. The molecule has 1 aromatic carbocycles. The third kappa shape index (κ3) is 4.69. The van der Waals surface area contributed by atoms with Crippen LogP contribution in [0.5, 0.6) is 0 Å². The summed E-state index contributed by atoms with van der Waals surface area (Å²) in [4.78, 5) is 16.9. The Balaban J connectivity index is 1.53. The standard InChI is InChI=1S/C21H22F3N5OS2/c1-12-4-19-28(9-14(10-29(19)26-12)21(30)27-2-3-32-11-27)20(31)7-15(25)5-13-6-17(23)18(24)8-16(13)22/h4,6,8-9,15H,2-3,5,7,10-11,25H2,1H3/t15-/m1/s1. The maximum Gasteiger partial charge on any atom is 0.253 e. The molecule has 4 rings (SSSR count). The summed E-state index contributed by atoms with van der Waals surface area (Å²) in [6.07, 6.45) is 1.88. The minimum absolute atomic E-state index is 0.0170. The van der Waals surface area contributed by atoms with Gasteiger partial charge in [0, 0.05) is 43.1 Å². The average Bonchev–Trinajstić information content (AvgIpc) is 3.39. The number of halogens is 3. The molecule has 1 aromatic heterocycles. The quantitative estimate of drug-likeness (QED) is 0.523. The Hall–Kier alpha value is -2.37. The number of aromatic nitrogens is 2. The normalized spacial score (nSPS) is 16.7. The number of carbonyl (C=O) groups is 1. The van der Waals surface area contributed by atoms with E-state index in [2.05, 4.69) is 5.10 Å². The molecule has 6 nitrogen and oxygen atoms in total. The Labute approximate surface area is 193 Å². The lowest BCUT2D eigenvalue weighted by Gasteiger charge is -2.30. The van der Waals surface area contributed by atoms with Crippen molar-refractivity contribution in [2.24, 2.45) is 5.73 Å². The molecule has 0 radical (unpaired) electrons. The van der Waals surface area contributed by atoms with Gasteiger partial charge < -0.3 is 10.6 Å². The minimum Gasteiger partial charge on any atom is -0.329 e. The van der Waals surface area contributed by atoms with Gasteiger partial charge in [0.25, 0.3) is 5.91 Å². The first kappa shape index (κ1) is 22.8. The van der Waals surface area contributed by atoms with Crippen LogP contribution in [-0.2, 0) is 17.8 Å². The maximum absolute atomic E-state index is 14.0. The molecule has 0 saturated carbocycles. The number of nitrogens with zero attached hydrogens (tertiary/aromatic N) is 4. The molecule has 3 heterocycles. The van der Waals surface area contributed by atoms with E-state index in [1.54, 1.807) is 32.4 Å². The van der Waals surface area contributed by atoms with Crippen LogP contribution < -0.4 is 10.6 Å². The molecule has 1 amide bonds. The number of carbonyl (C=O) groups excluding carboxylic acids is 1. The van der Waals surface area contributed by atoms with Crippen molar-refractivity contribution >= 4 is 40.7 Å². The molecule has 32 heavy (non-hydrogen) atoms. The van der Waals surface area contributed by atoms with Gasteiger partial charge in [-0.3, -0.25) is 9.69 Å². The highest BCUT2D eigenvalue weighted by Gasteiger charge is 2.29. The van der Waals surface area contributed by atoms with Crippen LogP contribution in [0.3, 0.4) is 0 Å². The van der Waals surface area contributed by atoms with Gasteiger partial charge in [0.05, 0.1) is 28.7 Å². The van der Waals surface area contributed by atoms with Crippen LogP contribution in [0, 0.1) is 24.4 Å². The monoisotopic (exact) mass is 481 g/mol. The van der Waals surface area contributed by atoms with E-state index >= 15 is 0 Å². The molecule has 0 bridgehead atoms. The summed E-state index contributed by atoms with van der Waals surface area (Å²) < 4.78 is 42.4. The van der Waals surface area contributed by atoms with Crippen LogP contribution in [0.15, 0.2) is 30.0 Å². The average molecular weight is 482 g/mol. The molecular weight excluding hydrogens is 459 g/mol. The van der Waals surface area contributed by atoms with Gasteiger partial charge >= 0.3 is 0 Å². The Kier molecular flexibility index (Phi) is 6.59. The molecular formula is C21H22F3N5OS2. The second-order valence-corrected chi connectivity index (χ2v) is 9.40. The number of aryl methyl sites for hydroxylation is 1. The molecule has 2 aliphatic heterocycles. The van der Waals surface area contributed by atoms with Crippen molar-refractivity contribution in [3.05, 3.63) is 58.7 Å². The number of amides is 1. The summed E-state index contributed by atoms with van der Waals surface area (Å²) in [6.45, 7) is 2.89. The van der Waals surface area contributed by atoms with E-state index < -0.39 is 23.5 Å². The zero-order valence-electron chi connectivity index (χ0n) is 17.4. The Morgan fingerprint density at radius 3 is 2.72 bits per heavy atom. The number of nitrogens with two attached hydrogens (primary N) is 1. The van der Waals surface area contributed by atoms with Crippen molar-refractivity contribution in [3.8, 4) is 0 Å². The summed E-state index contributed by atoms with van der Waals surface area (Å²) in [6, 6.07) is 2.55. The number of thioether (sulfide) groups is 1. The first-order chi connectivity index (χ1) is 15.2. The van der Waals surface area contributed by atoms with Crippen LogP contribution >= 0.6 is 24.0 Å². The molecule has 1 fully saturated rings. The van der Waals surface area contributed by atoms with E-state index in [9.17, 15) is 18.0 Å². The summed E-state index contributed by atoms with van der Waals surface area (Å²) in [5.41, 5.74) is 7.49. The van der Waals surface area contributed by atoms with Gasteiger partial charge in [-0.1, -0.05) is 12.2 Å². The number of rotatable bonds is 5. The lowest BCUT2D eigenvalue weighted by Crippen LogP contribution is -2.39. The molecule has 0 unspecified atom stereocenters. The topological polar surface area (TPSA) is 67.4 Å². The highest BCUT2D eigenvalue weighted by molar-refractivity contribution is 7.99. The molecule has 0 spiro atoms. The predicted molar refractivity (Wildman–Crippen MR) is 122 cm³/mol. The maximum atomic E-state index is 14.0. The zero-order chi connectivity index (χ0) is 23.0. The van der Waals surface area contributed by atoms with Gasteiger partial charge in [-0.25, -0.2) is 17.9 Å². The molecule has 2 N–H and O–H groups in total. The Morgan fingerprint density at radius 1 is 1.25 bits per heavy atom. The molecule has 0 aliphatic carbocycles. The number of hydrogen-bond acceptors (Lipinski definition) is 5. The zero-order valence-corrected chi connectivity index (χ0v) is 19.0. The summed E-state index contributed by atoms with van der Waals surface area (Å²) >= 11 is 7.31. The first-order valence-corrected chi connectivity index (χ1v) is 11.6. The van der Waals surface area contributed by atoms with E-state index in [0.29, 0.717) is 41.4 Å². The third-order valence-corrected chi connectivity index (χ3v) is 6.65. The minimum atomic E-state index is -1.24. The Morgan fingerprint density at radius 2 is 2.00 bits per heavy atom. The molecule has 11 heteroatoms. The summed E-state index contributed by atoms with van der Waals surface area (Å²) in [5, 5.41) is 4.46. The lowest BCUT2D eigenvalue weighted by molar-refractivity contribution is -0.126. The molecule has 2 aromatic rings. The SMILES string of the molecule is Cc1cc2n(n1)CC(C(=O)N1CCSC1)=CN2C(=S)C[C@H](N)Cc1cc(F)c(F)cc1F. The van der Waals surface area contributed by atoms with Crippen LogP contribution in [-0.4, -0.2) is 49.8 Å². The van der Waals surface area contributed by atoms with Crippen molar-refractivity contribution < 1.29 is 18.0 Å². The molecule has 1 saturated heterocycles. The van der Waals surface area contributed by atoms with Crippen molar-refractivity contribution in [2.75, 3.05) is 23.1 Å². The van der Waals surface area contributed by atoms with Gasteiger partial charge in [0.15, 0.2) is 11.6 Å². The van der Waals surface area contributed by atoms with Gasteiger partial charge in [0.1, 0.15) is 11.6 Å². The fraction of sp³-hybridized carbons (Fsp3) is 0.381. The molecule has 2 aliphatic rings. The highest BCUT2D eigenvalue weighted by Crippen LogP contribution is 2.28. The third-order valence-electron chi connectivity index (χ3n) is 5.32. The lowest BCUT2D eigenvalue weighted by atomic mass is 10.0. The first-order valence-electron chi connectivity index (χ1n) is 10.1. The summed E-state index contributed by atoms with van der Waals surface area (Å²) in [5.74, 6) is -1.02. The van der Waals surface area contributed by atoms with E-state index in [1.165, 1.54) is 0 Å².